The van der Waals surface area contributed by atoms with Crippen LogP contribution in [0.3, 0.4) is 0 Å². The van der Waals surface area contributed by atoms with Crippen LogP contribution >= 0.6 is 0 Å². The lowest BCUT2D eigenvalue weighted by Crippen LogP contribution is -2.26. The normalized spacial score (nSPS) is 10.4. The van der Waals surface area contributed by atoms with Gasteiger partial charge in [-0.15, -0.1) is 0 Å². The third kappa shape index (κ3) is 8.99. The third-order valence-electron chi connectivity index (χ3n) is 4.77. The average Bonchev–Trinajstić information content (AvgIpc) is 2.77. The number of aromatic hydroxyl groups is 1. The summed E-state index contributed by atoms with van der Waals surface area (Å²) in [5.41, 5.74) is 1.81. The lowest BCUT2D eigenvalue weighted by molar-refractivity contribution is -0.140. The highest BCUT2D eigenvalue weighted by atomic mass is 16.5. The molecule has 1 amide bonds. The zero-order valence-corrected chi connectivity index (χ0v) is 17.6. The Morgan fingerprint density at radius 2 is 1.57 bits per heavy atom. The van der Waals surface area contributed by atoms with Gasteiger partial charge in [-0.05, 0) is 61.2 Å². The maximum absolute atomic E-state index is 12.0. The summed E-state index contributed by atoms with van der Waals surface area (Å²) in [5, 5.41) is 11.9. The predicted octanol–water partition coefficient (Wildman–Crippen LogP) is 4.26. The van der Waals surface area contributed by atoms with Crippen molar-refractivity contribution in [3.63, 3.8) is 0 Å². The summed E-state index contributed by atoms with van der Waals surface area (Å²) in [5.74, 6) is 0.514. The molecule has 0 saturated heterocycles. The molecule has 0 fully saturated rings. The Hall–Kier alpha value is -3.02. The van der Waals surface area contributed by atoms with Crippen LogP contribution in [0, 0.1) is 0 Å². The standard InChI is InChI=1S/C24H31NO5/c1-29-23(27)16-17-25-24(28)20-10-8-19(9-11-20)7-5-3-2-4-6-18-30-22-14-12-21(26)13-15-22/h8-15,26H,2-7,16-18H2,1H3,(H,25,28). The summed E-state index contributed by atoms with van der Waals surface area (Å²) in [6.07, 6.45) is 6.75. The summed E-state index contributed by atoms with van der Waals surface area (Å²) >= 11 is 0. The molecule has 0 heterocycles. The van der Waals surface area contributed by atoms with Crippen molar-refractivity contribution in [2.75, 3.05) is 20.3 Å². The van der Waals surface area contributed by atoms with Gasteiger partial charge in [0.2, 0.25) is 0 Å². The van der Waals surface area contributed by atoms with E-state index in [1.54, 1.807) is 24.3 Å². The van der Waals surface area contributed by atoms with Crippen molar-refractivity contribution < 1.29 is 24.2 Å². The fourth-order valence-electron chi connectivity index (χ4n) is 3.00. The number of esters is 1. The van der Waals surface area contributed by atoms with Crippen LogP contribution in [0.25, 0.3) is 0 Å². The number of amides is 1. The van der Waals surface area contributed by atoms with E-state index in [2.05, 4.69) is 10.1 Å². The quantitative estimate of drug-likeness (QED) is 0.379. The average molecular weight is 414 g/mol. The highest BCUT2D eigenvalue weighted by Gasteiger charge is 2.06. The van der Waals surface area contributed by atoms with Crippen molar-refractivity contribution in [3.05, 3.63) is 59.7 Å². The van der Waals surface area contributed by atoms with Gasteiger partial charge in [0.1, 0.15) is 11.5 Å². The van der Waals surface area contributed by atoms with Gasteiger partial charge in [0.15, 0.2) is 0 Å². The Labute approximate surface area is 178 Å². The summed E-state index contributed by atoms with van der Waals surface area (Å²) in [6.45, 7) is 0.959. The van der Waals surface area contributed by atoms with Crippen LogP contribution in [0.15, 0.2) is 48.5 Å². The van der Waals surface area contributed by atoms with Gasteiger partial charge in [-0.2, -0.15) is 0 Å². The fourth-order valence-corrected chi connectivity index (χ4v) is 3.00. The molecule has 0 unspecified atom stereocenters. The number of methoxy groups -OCH3 is 1. The van der Waals surface area contributed by atoms with Gasteiger partial charge in [-0.1, -0.05) is 31.4 Å². The Morgan fingerprint density at radius 1 is 0.900 bits per heavy atom. The van der Waals surface area contributed by atoms with Crippen molar-refractivity contribution in [1.82, 2.24) is 5.32 Å². The number of unbranched alkanes of at least 4 members (excludes halogenated alkanes) is 4. The van der Waals surface area contributed by atoms with Gasteiger partial charge < -0.3 is 19.9 Å². The van der Waals surface area contributed by atoms with Gasteiger partial charge in [-0.3, -0.25) is 9.59 Å². The Kier molecular flexibility index (Phi) is 10.3. The zero-order chi connectivity index (χ0) is 21.6. The first-order valence-corrected chi connectivity index (χ1v) is 10.4. The fraction of sp³-hybridized carbons (Fsp3) is 0.417. The van der Waals surface area contributed by atoms with E-state index in [9.17, 15) is 14.7 Å². The minimum absolute atomic E-state index is 0.170. The number of hydrogen-bond acceptors (Lipinski definition) is 5. The van der Waals surface area contributed by atoms with Crippen LogP contribution in [0.4, 0.5) is 0 Å². The van der Waals surface area contributed by atoms with Crippen LogP contribution < -0.4 is 10.1 Å². The van der Waals surface area contributed by atoms with E-state index in [4.69, 9.17) is 4.74 Å². The smallest absolute Gasteiger partial charge is 0.307 e. The first-order valence-electron chi connectivity index (χ1n) is 10.4. The van der Waals surface area contributed by atoms with E-state index in [-0.39, 0.29) is 30.6 Å². The molecule has 0 aliphatic rings. The minimum atomic E-state index is -0.337. The minimum Gasteiger partial charge on any atom is -0.508 e. The molecule has 2 rings (SSSR count). The molecular formula is C24H31NO5. The molecule has 30 heavy (non-hydrogen) atoms. The largest absolute Gasteiger partial charge is 0.508 e. The van der Waals surface area contributed by atoms with E-state index >= 15 is 0 Å². The van der Waals surface area contributed by atoms with Crippen molar-refractivity contribution >= 4 is 11.9 Å². The number of hydrogen-bond donors (Lipinski definition) is 2. The molecule has 0 radical (unpaired) electrons. The number of benzene rings is 2. The molecule has 0 aromatic heterocycles. The van der Waals surface area contributed by atoms with Crippen LogP contribution in [0.1, 0.15) is 54.4 Å². The number of carbonyl (C=O) groups excluding carboxylic acids is 2. The number of aryl methyl sites for hydroxylation is 1. The van der Waals surface area contributed by atoms with Gasteiger partial charge in [0.05, 0.1) is 20.1 Å². The molecule has 0 bridgehead atoms. The van der Waals surface area contributed by atoms with Crippen LogP contribution in [-0.4, -0.2) is 37.2 Å². The summed E-state index contributed by atoms with van der Waals surface area (Å²) in [6, 6.07) is 14.4. The second kappa shape index (κ2) is 13.2. The van der Waals surface area contributed by atoms with E-state index in [1.807, 2.05) is 24.3 Å². The summed E-state index contributed by atoms with van der Waals surface area (Å²) in [4.78, 5) is 23.1. The maximum atomic E-state index is 12.0. The van der Waals surface area contributed by atoms with Crippen molar-refractivity contribution in [3.8, 4) is 11.5 Å². The van der Waals surface area contributed by atoms with Crippen molar-refractivity contribution in [2.24, 2.45) is 0 Å². The lowest BCUT2D eigenvalue weighted by Gasteiger charge is -2.07. The van der Waals surface area contributed by atoms with Gasteiger partial charge in [-0.25, -0.2) is 0 Å². The highest BCUT2D eigenvalue weighted by molar-refractivity contribution is 5.94. The molecule has 2 N–H and O–H groups in total. The molecule has 0 saturated carbocycles. The molecule has 0 atom stereocenters. The molecule has 0 aliphatic heterocycles. The summed E-state index contributed by atoms with van der Waals surface area (Å²) < 4.78 is 10.2. The number of ether oxygens (including phenoxy) is 2. The number of nitrogens with one attached hydrogen (secondary N) is 1. The van der Waals surface area contributed by atoms with Crippen LogP contribution in [-0.2, 0) is 16.0 Å². The second-order valence-electron chi connectivity index (χ2n) is 7.14. The molecule has 0 aliphatic carbocycles. The highest BCUT2D eigenvalue weighted by Crippen LogP contribution is 2.16. The number of rotatable bonds is 13. The topological polar surface area (TPSA) is 84.9 Å². The Morgan fingerprint density at radius 3 is 2.27 bits per heavy atom. The van der Waals surface area contributed by atoms with Gasteiger partial charge in [0, 0.05) is 12.1 Å². The SMILES string of the molecule is COC(=O)CCNC(=O)c1ccc(CCCCCCCOc2ccc(O)cc2)cc1. The number of phenolic OH excluding ortho intramolecular Hbond substituents is 1. The van der Waals surface area contributed by atoms with Gasteiger partial charge in [0.25, 0.3) is 5.91 Å². The summed E-state index contributed by atoms with van der Waals surface area (Å²) in [7, 11) is 1.33. The first-order chi connectivity index (χ1) is 14.6. The van der Waals surface area contributed by atoms with E-state index in [0.717, 1.165) is 37.9 Å². The molecule has 2 aromatic carbocycles. The molecule has 162 valence electrons. The van der Waals surface area contributed by atoms with E-state index in [1.165, 1.54) is 19.1 Å². The zero-order valence-electron chi connectivity index (χ0n) is 17.6. The third-order valence-corrected chi connectivity index (χ3v) is 4.77. The molecule has 0 spiro atoms. The van der Waals surface area contributed by atoms with Crippen molar-refractivity contribution in [1.29, 1.82) is 0 Å². The molecular weight excluding hydrogens is 382 g/mol. The Balaban J connectivity index is 1.53. The maximum Gasteiger partial charge on any atom is 0.307 e. The molecule has 6 heteroatoms. The second-order valence-corrected chi connectivity index (χ2v) is 7.14. The first kappa shape index (κ1) is 23.3. The number of phenols is 1. The molecule has 6 nitrogen and oxygen atoms in total. The van der Waals surface area contributed by atoms with Crippen LogP contribution in [0.5, 0.6) is 11.5 Å². The van der Waals surface area contributed by atoms with E-state index < -0.39 is 0 Å². The van der Waals surface area contributed by atoms with Gasteiger partial charge >= 0.3 is 5.97 Å². The monoisotopic (exact) mass is 413 g/mol. The predicted molar refractivity (Wildman–Crippen MR) is 116 cm³/mol. The lowest BCUT2D eigenvalue weighted by atomic mass is 10.0. The van der Waals surface area contributed by atoms with Crippen LogP contribution in [0.2, 0.25) is 0 Å². The van der Waals surface area contributed by atoms with Crippen molar-refractivity contribution in [2.45, 2.75) is 44.9 Å². The van der Waals surface area contributed by atoms with E-state index in [0.29, 0.717) is 12.2 Å². The number of carbonyl (C=O) groups is 2. The molecule has 2 aromatic rings. The Bertz CT molecular complexity index is 771.